The number of rotatable bonds is 4. The highest BCUT2D eigenvalue weighted by atomic mass is 127. The molecule has 1 amide bonds. The molecule has 0 bridgehead atoms. The number of hydrogen-bond acceptors (Lipinski definition) is 5. The van der Waals surface area contributed by atoms with Gasteiger partial charge in [-0.05, 0) is 62.7 Å². The summed E-state index contributed by atoms with van der Waals surface area (Å²) in [4.78, 5) is 24.2. The third-order valence-corrected chi connectivity index (χ3v) is 4.58. The van der Waals surface area contributed by atoms with Crippen LogP contribution >= 0.6 is 33.9 Å². The quantitative estimate of drug-likeness (QED) is 0.644. The molecule has 2 heterocycles. The zero-order chi connectivity index (χ0) is 15.5. The SMILES string of the molecule is O=C(Cn1nnn(-c2cccs2)c1=O)Nc1ccccc1I. The van der Waals surface area contributed by atoms with Gasteiger partial charge in [-0.1, -0.05) is 12.1 Å². The van der Waals surface area contributed by atoms with E-state index in [1.165, 1.54) is 16.0 Å². The summed E-state index contributed by atoms with van der Waals surface area (Å²) >= 11 is 3.50. The first-order chi connectivity index (χ1) is 10.6. The number of carbonyl (C=O) groups excluding carboxylic acids is 1. The molecule has 0 aliphatic heterocycles. The van der Waals surface area contributed by atoms with E-state index in [1.54, 1.807) is 12.1 Å². The Morgan fingerprint density at radius 1 is 1.23 bits per heavy atom. The van der Waals surface area contributed by atoms with Crippen LogP contribution < -0.4 is 11.0 Å². The number of amides is 1. The summed E-state index contributed by atoms with van der Waals surface area (Å²) in [6.45, 7) is -0.185. The minimum absolute atomic E-state index is 0.185. The number of halogens is 1. The van der Waals surface area contributed by atoms with Crippen molar-refractivity contribution in [2.75, 3.05) is 5.32 Å². The predicted molar refractivity (Wildman–Crippen MR) is 91.3 cm³/mol. The average molecular weight is 427 g/mol. The predicted octanol–water partition coefficient (Wildman–Crippen LogP) is 1.73. The van der Waals surface area contributed by atoms with Crippen molar-refractivity contribution in [3.05, 3.63) is 55.8 Å². The largest absolute Gasteiger partial charge is 0.369 e. The molecule has 1 N–H and O–H groups in total. The van der Waals surface area contributed by atoms with Gasteiger partial charge in [0.1, 0.15) is 11.5 Å². The van der Waals surface area contributed by atoms with Gasteiger partial charge < -0.3 is 5.32 Å². The summed E-state index contributed by atoms with van der Waals surface area (Å²) in [7, 11) is 0. The van der Waals surface area contributed by atoms with Crippen LogP contribution in [0, 0.1) is 3.57 Å². The molecule has 3 aromatic rings. The van der Waals surface area contributed by atoms with Crippen molar-refractivity contribution >= 4 is 45.5 Å². The molecule has 0 unspecified atom stereocenters. The van der Waals surface area contributed by atoms with Gasteiger partial charge in [0.15, 0.2) is 0 Å². The van der Waals surface area contributed by atoms with Crippen molar-refractivity contribution < 1.29 is 4.79 Å². The summed E-state index contributed by atoms with van der Waals surface area (Å²) < 4.78 is 3.12. The third kappa shape index (κ3) is 3.09. The fraction of sp³-hybridized carbons (Fsp3) is 0.0769. The maximum Gasteiger partial charge on any atom is 0.369 e. The minimum atomic E-state index is -0.444. The number of nitrogens with one attached hydrogen (secondary N) is 1. The molecule has 7 nitrogen and oxygen atoms in total. The van der Waals surface area contributed by atoms with Gasteiger partial charge in [-0.25, -0.2) is 4.79 Å². The molecular weight excluding hydrogens is 417 g/mol. The Labute approximate surface area is 142 Å². The Morgan fingerprint density at radius 2 is 2.05 bits per heavy atom. The first-order valence-electron chi connectivity index (χ1n) is 6.26. The van der Waals surface area contributed by atoms with Gasteiger partial charge in [0.25, 0.3) is 0 Å². The Morgan fingerprint density at radius 3 is 2.77 bits per heavy atom. The zero-order valence-corrected chi connectivity index (χ0v) is 14.1. The maximum absolute atomic E-state index is 12.1. The first kappa shape index (κ1) is 14.9. The number of aromatic nitrogens is 4. The molecule has 112 valence electrons. The number of anilines is 1. The molecule has 9 heteroatoms. The van der Waals surface area contributed by atoms with Crippen molar-refractivity contribution in [2.24, 2.45) is 0 Å². The Kier molecular flexibility index (Phi) is 4.34. The average Bonchev–Trinajstić information content (AvgIpc) is 3.12. The normalized spacial score (nSPS) is 10.6. The molecule has 2 aromatic heterocycles. The summed E-state index contributed by atoms with van der Waals surface area (Å²) in [5.41, 5.74) is 0.257. The zero-order valence-electron chi connectivity index (χ0n) is 11.1. The van der Waals surface area contributed by atoms with Gasteiger partial charge in [0, 0.05) is 3.57 Å². The van der Waals surface area contributed by atoms with E-state index in [1.807, 2.05) is 29.6 Å². The molecule has 3 rings (SSSR count). The Balaban J connectivity index is 1.75. The number of para-hydroxylation sites is 1. The first-order valence-corrected chi connectivity index (χ1v) is 8.22. The summed E-state index contributed by atoms with van der Waals surface area (Å²) in [5, 5.41) is 12.8. The van der Waals surface area contributed by atoms with Crippen LogP contribution in [0.3, 0.4) is 0 Å². The van der Waals surface area contributed by atoms with Gasteiger partial charge in [0.05, 0.1) is 5.69 Å². The van der Waals surface area contributed by atoms with E-state index in [0.717, 1.165) is 8.25 Å². The van der Waals surface area contributed by atoms with Crippen molar-refractivity contribution in [1.29, 1.82) is 0 Å². The second-order valence-corrected chi connectivity index (χ2v) is 6.40. The molecule has 0 atom stereocenters. The summed E-state index contributed by atoms with van der Waals surface area (Å²) in [5.74, 6) is -0.329. The molecule has 0 aliphatic rings. The van der Waals surface area contributed by atoms with Gasteiger partial charge in [-0.15, -0.1) is 11.3 Å². The van der Waals surface area contributed by atoms with Gasteiger partial charge in [-0.2, -0.15) is 9.36 Å². The highest BCUT2D eigenvalue weighted by Gasteiger charge is 2.13. The number of benzene rings is 1. The van der Waals surface area contributed by atoms with E-state index in [9.17, 15) is 9.59 Å². The lowest BCUT2D eigenvalue weighted by atomic mass is 10.3. The molecule has 0 saturated heterocycles. The van der Waals surface area contributed by atoms with Crippen LogP contribution in [0.1, 0.15) is 0 Å². The molecule has 0 spiro atoms. The van der Waals surface area contributed by atoms with Gasteiger partial charge in [0.2, 0.25) is 5.91 Å². The fourth-order valence-corrected chi connectivity index (χ4v) is 2.98. The van der Waals surface area contributed by atoms with E-state index in [0.29, 0.717) is 10.7 Å². The molecule has 22 heavy (non-hydrogen) atoms. The fourth-order valence-electron chi connectivity index (χ4n) is 1.79. The smallest absolute Gasteiger partial charge is 0.324 e. The van der Waals surface area contributed by atoms with Crippen molar-refractivity contribution in [1.82, 2.24) is 19.8 Å². The van der Waals surface area contributed by atoms with Crippen LogP contribution in [0.5, 0.6) is 0 Å². The van der Waals surface area contributed by atoms with E-state index in [2.05, 4.69) is 38.3 Å². The highest BCUT2D eigenvalue weighted by Crippen LogP contribution is 2.16. The number of hydrogen-bond donors (Lipinski definition) is 1. The van der Waals surface area contributed by atoms with Crippen molar-refractivity contribution in [3.8, 4) is 5.00 Å². The van der Waals surface area contributed by atoms with Crippen LogP contribution in [0.15, 0.2) is 46.6 Å². The van der Waals surface area contributed by atoms with E-state index < -0.39 is 5.69 Å². The van der Waals surface area contributed by atoms with Crippen LogP contribution in [0.2, 0.25) is 0 Å². The lowest BCUT2D eigenvalue weighted by Gasteiger charge is -2.06. The standard InChI is InChI=1S/C13H10IN5O2S/c14-9-4-1-2-5-10(9)15-11(20)8-18-13(21)19(17-16-18)12-6-3-7-22-12/h1-7H,8H2,(H,15,20). The van der Waals surface area contributed by atoms with Crippen LogP contribution in [-0.2, 0) is 11.3 Å². The molecule has 0 radical (unpaired) electrons. The van der Waals surface area contributed by atoms with Gasteiger partial charge >= 0.3 is 5.69 Å². The number of carbonyl (C=O) groups is 1. The topological polar surface area (TPSA) is 81.8 Å². The number of nitrogens with zero attached hydrogens (tertiary/aromatic N) is 4. The van der Waals surface area contributed by atoms with E-state index in [4.69, 9.17) is 0 Å². The maximum atomic E-state index is 12.1. The lowest BCUT2D eigenvalue weighted by Crippen LogP contribution is -2.29. The monoisotopic (exact) mass is 427 g/mol. The summed E-state index contributed by atoms with van der Waals surface area (Å²) in [6.07, 6.45) is 0. The molecule has 1 aromatic carbocycles. The van der Waals surface area contributed by atoms with Crippen molar-refractivity contribution in [3.63, 3.8) is 0 Å². The molecule has 0 aliphatic carbocycles. The molecule has 0 saturated carbocycles. The van der Waals surface area contributed by atoms with Crippen LogP contribution in [-0.4, -0.2) is 25.7 Å². The van der Waals surface area contributed by atoms with E-state index >= 15 is 0 Å². The van der Waals surface area contributed by atoms with E-state index in [-0.39, 0.29) is 12.5 Å². The van der Waals surface area contributed by atoms with Crippen LogP contribution in [0.25, 0.3) is 5.00 Å². The Hall–Kier alpha value is -2.01. The summed E-state index contributed by atoms with van der Waals surface area (Å²) in [6, 6.07) is 11.0. The number of thiophene rings is 1. The third-order valence-electron chi connectivity index (χ3n) is 2.80. The second kappa shape index (κ2) is 6.40. The lowest BCUT2D eigenvalue weighted by molar-refractivity contribution is -0.117. The van der Waals surface area contributed by atoms with Crippen LogP contribution in [0.4, 0.5) is 5.69 Å². The Bertz CT molecular complexity index is 855. The highest BCUT2D eigenvalue weighted by molar-refractivity contribution is 14.1. The molecule has 0 fully saturated rings. The van der Waals surface area contributed by atoms with Crippen molar-refractivity contribution in [2.45, 2.75) is 6.54 Å². The molecular formula is C13H10IN5O2S. The van der Waals surface area contributed by atoms with Gasteiger partial charge in [-0.3, -0.25) is 4.79 Å². The number of tetrazole rings is 1. The second-order valence-electron chi connectivity index (χ2n) is 4.31. The minimum Gasteiger partial charge on any atom is -0.324 e.